The summed E-state index contributed by atoms with van der Waals surface area (Å²) in [6.07, 6.45) is 4.20. The molecule has 1 aromatic carbocycles. The zero-order valence-corrected chi connectivity index (χ0v) is 16.5. The van der Waals surface area contributed by atoms with Gasteiger partial charge in [-0.05, 0) is 43.4 Å². The lowest BCUT2D eigenvalue weighted by atomic mass is 9.96. The number of fused-ring (bicyclic) bond motifs is 1. The van der Waals surface area contributed by atoms with Gasteiger partial charge < -0.3 is 14.5 Å². The topological polar surface area (TPSA) is 49.9 Å². The van der Waals surface area contributed by atoms with Crippen LogP contribution in [0, 0.1) is 5.82 Å². The van der Waals surface area contributed by atoms with Crippen LogP contribution in [0.4, 0.5) is 10.1 Å². The zero-order chi connectivity index (χ0) is 19.5. The fraction of sp³-hybridized carbons (Fsp3) is 0.429. The first-order chi connectivity index (χ1) is 13.6. The molecule has 2 aliphatic rings. The molecule has 2 heterocycles. The average Bonchev–Trinajstić information content (AvgIpc) is 3.16. The first kappa shape index (κ1) is 18.9. The molecule has 1 saturated heterocycles. The van der Waals surface area contributed by atoms with Gasteiger partial charge in [-0.3, -0.25) is 4.79 Å². The Bertz CT molecular complexity index is 874. The first-order valence-electron chi connectivity index (χ1n) is 9.67. The van der Waals surface area contributed by atoms with E-state index in [1.165, 1.54) is 17.4 Å². The Morgan fingerprint density at radius 2 is 1.82 bits per heavy atom. The van der Waals surface area contributed by atoms with Gasteiger partial charge in [-0.2, -0.15) is 0 Å². The van der Waals surface area contributed by atoms with E-state index in [1.807, 2.05) is 10.3 Å². The molecule has 2 aromatic rings. The molecule has 1 aromatic heterocycles. The normalized spacial score (nSPS) is 16.6. The lowest BCUT2D eigenvalue weighted by Crippen LogP contribution is -2.50. The Balaban J connectivity index is 1.29. The van der Waals surface area contributed by atoms with Crippen LogP contribution in [0.3, 0.4) is 0 Å². The van der Waals surface area contributed by atoms with Gasteiger partial charge in [-0.15, -0.1) is 11.3 Å². The molecule has 1 fully saturated rings. The summed E-state index contributed by atoms with van der Waals surface area (Å²) in [4.78, 5) is 29.7. The van der Waals surface area contributed by atoms with Gasteiger partial charge in [0.15, 0.2) is 6.61 Å². The fourth-order valence-electron chi connectivity index (χ4n) is 3.87. The molecular weight excluding hydrogens is 379 g/mol. The number of anilines is 1. The minimum Gasteiger partial charge on any atom is -0.452 e. The molecule has 1 aliphatic carbocycles. The summed E-state index contributed by atoms with van der Waals surface area (Å²) in [6, 6.07) is 6.65. The molecule has 0 radical (unpaired) electrons. The molecular formula is C21H23FN2O3S. The van der Waals surface area contributed by atoms with E-state index in [4.69, 9.17) is 4.74 Å². The monoisotopic (exact) mass is 402 g/mol. The maximum Gasteiger partial charge on any atom is 0.339 e. The van der Waals surface area contributed by atoms with E-state index in [2.05, 4.69) is 0 Å². The molecule has 0 spiro atoms. The fourth-order valence-corrected chi connectivity index (χ4v) is 4.98. The van der Waals surface area contributed by atoms with Crippen LogP contribution >= 0.6 is 11.3 Å². The second-order valence-corrected chi connectivity index (χ2v) is 8.12. The van der Waals surface area contributed by atoms with Crippen molar-refractivity contribution in [1.82, 2.24) is 4.90 Å². The van der Waals surface area contributed by atoms with Crippen molar-refractivity contribution in [3.63, 3.8) is 0 Å². The Labute approximate surface area is 167 Å². The Morgan fingerprint density at radius 1 is 1.07 bits per heavy atom. The molecule has 4 rings (SSSR count). The number of hydrogen-bond donors (Lipinski definition) is 0. The molecule has 0 bridgehead atoms. The Hall–Kier alpha value is -2.41. The summed E-state index contributed by atoms with van der Waals surface area (Å²) >= 11 is 1.61. The second kappa shape index (κ2) is 8.31. The number of carbonyl (C=O) groups excluding carboxylic acids is 2. The van der Waals surface area contributed by atoms with E-state index in [9.17, 15) is 14.0 Å². The SMILES string of the molecule is O=C(OCC(=O)N1CCN(c2ccccc2F)CC1)c1csc2c1CCCC2. The number of esters is 1. The number of hydrogen-bond acceptors (Lipinski definition) is 5. The van der Waals surface area contributed by atoms with Gasteiger partial charge in [0.1, 0.15) is 5.82 Å². The van der Waals surface area contributed by atoms with Gasteiger partial charge in [0.05, 0.1) is 11.3 Å². The van der Waals surface area contributed by atoms with Crippen LogP contribution in [-0.2, 0) is 22.4 Å². The molecule has 0 unspecified atom stereocenters. The van der Waals surface area contributed by atoms with Crippen LogP contribution in [0.25, 0.3) is 0 Å². The molecule has 0 saturated carbocycles. The zero-order valence-electron chi connectivity index (χ0n) is 15.7. The van der Waals surface area contributed by atoms with E-state index < -0.39 is 5.97 Å². The number of thiophene rings is 1. The number of ether oxygens (including phenoxy) is 1. The lowest BCUT2D eigenvalue weighted by molar-refractivity contribution is -0.134. The van der Waals surface area contributed by atoms with Crippen LogP contribution in [-0.4, -0.2) is 49.6 Å². The number of halogens is 1. The molecule has 1 amide bonds. The highest BCUT2D eigenvalue weighted by Crippen LogP contribution is 2.30. The van der Waals surface area contributed by atoms with Crippen molar-refractivity contribution in [2.45, 2.75) is 25.7 Å². The highest BCUT2D eigenvalue weighted by atomic mass is 32.1. The van der Waals surface area contributed by atoms with E-state index in [0.717, 1.165) is 24.8 Å². The summed E-state index contributed by atoms with van der Waals surface area (Å²) in [5.74, 6) is -0.862. The maximum absolute atomic E-state index is 13.9. The molecule has 0 N–H and O–H groups in total. The Morgan fingerprint density at radius 3 is 2.61 bits per heavy atom. The van der Waals surface area contributed by atoms with Crippen LogP contribution in [0.15, 0.2) is 29.6 Å². The molecule has 5 nitrogen and oxygen atoms in total. The Kier molecular flexibility index (Phi) is 5.62. The number of benzene rings is 1. The third-order valence-corrected chi connectivity index (χ3v) is 6.52. The molecule has 28 heavy (non-hydrogen) atoms. The number of para-hydroxylation sites is 1. The third kappa shape index (κ3) is 3.90. The van der Waals surface area contributed by atoms with Crippen LogP contribution < -0.4 is 4.90 Å². The highest BCUT2D eigenvalue weighted by molar-refractivity contribution is 7.10. The van der Waals surface area contributed by atoms with E-state index in [0.29, 0.717) is 37.4 Å². The van der Waals surface area contributed by atoms with Crippen molar-refractivity contribution in [2.75, 3.05) is 37.7 Å². The number of piperazine rings is 1. The van der Waals surface area contributed by atoms with Crippen molar-refractivity contribution < 1.29 is 18.7 Å². The maximum atomic E-state index is 13.9. The van der Waals surface area contributed by atoms with E-state index in [-0.39, 0.29) is 18.3 Å². The third-order valence-electron chi connectivity index (χ3n) is 5.43. The molecule has 148 valence electrons. The number of nitrogens with zero attached hydrogens (tertiary/aromatic N) is 2. The van der Waals surface area contributed by atoms with Gasteiger partial charge in [-0.1, -0.05) is 12.1 Å². The largest absolute Gasteiger partial charge is 0.452 e. The van der Waals surface area contributed by atoms with Gasteiger partial charge >= 0.3 is 5.97 Å². The van der Waals surface area contributed by atoms with Gasteiger partial charge in [0, 0.05) is 36.4 Å². The minimum atomic E-state index is -0.405. The summed E-state index contributed by atoms with van der Waals surface area (Å²) < 4.78 is 19.2. The standard InChI is InChI=1S/C21H23FN2O3S/c22-17-6-2-3-7-18(17)23-9-11-24(12-10-23)20(25)13-27-21(26)16-14-28-19-8-4-1-5-15(16)19/h2-3,6-7,14H,1,4-5,8-13H2. The first-order valence-corrected chi connectivity index (χ1v) is 10.5. The van der Waals surface area contributed by atoms with Crippen molar-refractivity contribution in [2.24, 2.45) is 0 Å². The van der Waals surface area contributed by atoms with Crippen molar-refractivity contribution in [3.05, 3.63) is 51.5 Å². The van der Waals surface area contributed by atoms with Crippen molar-refractivity contribution in [1.29, 1.82) is 0 Å². The summed E-state index contributed by atoms with van der Waals surface area (Å²) in [5.41, 5.74) is 2.28. The summed E-state index contributed by atoms with van der Waals surface area (Å²) in [5, 5.41) is 1.86. The highest BCUT2D eigenvalue weighted by Gasteiger charge is 2.25. The van der Waals surface area contributed by atoms with Crippen molar-refractivity contribution in [3.8, 4) is 0 Å². The predicted molar refractivity (Wildman–Crippen MR) is 106 cm³/mol. The second-order valence-electron chi connectivity index (χ2n) is 7.15. The molecule has 1 aliphatic heterocycles. The molecule has 0 atom stereocenters. The van der Waals surface area contributed by atoms with E-state index in [1.54, 1.807) is 34.4 Å². The quantitative estimate of drug-likeness (QED) is 0.737. The number of amides is 1. The average molecular weight is 402 g/mol. The van der Waals surface area contributed by atoms with Gasteiger partial charge in [-0.25, -0.2) is 9.18 Å². The lowest BCUT2D eigenvalue weighted by Gasteiger charge is -2.36. The van der Waals surface area contributed by atoms with Crippen molar-refractivity contribution >= 4 is 28.9 Å². The van der Waals surface area contributed by atoms with Crippen LogP contribution in [0.2, 0.25) is 0 Å². The number of carbonyl (C=O) groups is 2. The van der Waals surface area contributed by atoms with Crippen LogP contribution in [0.1, 0.15) is 33.6 Å². The smallest absolute Gasteiger partial charge is 0.339 e. The minimum absolute atomic E-state index is 0.203. The van der Waals surface area contributed by atoms with Crippen LogP contribution in [0.5, 0.6) is 0 Å². The summed E-state index contributed by atoms with van der Waals surface area (Å²) in [7, 11) is 0. The number of rotatable bonds is 4. The number of aryl methyl sites for hydroxylation is 1. The van der Waals surface area contributed by atoms with Gasteiger partial charge in [0.25, 0.3) is 5.91 Å². The summed E-state index contributed by atoms with van der Waals surface area (Å²) in [6.45, 7) is 1.83. The van der Waals surface area contributed by atoms with Gasteiger partial charge in [0.2, 0.25) is 0 Å². The molecule has 7 heteroatoms. The predicted octanol–water partition coefficient (Wildman–Crippen LogP) is 3.27. The van der Waals surface area contributed by atoms with E-state index >= 15 is 0 Å².